The maximum absolute atomic E-state index is 13.5. The second-order valence-electron chi connectivity index (χ2n) is 10.0. The lowest BCUT2D eigenvalue weighted by Gasteiger charge is -2.31. The quantitative estimate of drug-likeness (QED) is 0.189. The number of carbonyl (C=O) groups is 1. The molecule has 4 aromatic rings. The normalized spacial score (nSPS) is 17.1. The third kappa shape index (κ3) is 4.40. The van der Waals surface area contributed by atoms with E-state index in [-0.39, 0.29) is 42.2 Å². The van der Waals surface area contributed by atoms with Gasteiger partial charge in [0.1, 0.15) is 19.0 Å². The van der Waals surface area contributed by atoms with Gasteiger partial charge in [-0.25, -0.2) is 14.3 Å². The molecule has 0 spiro atoms. The van der Waals surface area contributed by atoms with E-state index in [1.807, 2.05) is 47.3 Å². The molecule has 0 fully saturated rings. The number of fused-ring (bicyclic) bond motifs is 5. The van der Waals surface area contributed by atoms with E-state index in [1.54, 1.807) is 17.6 Å². The van der Waals surface area contributed by atoms with E-state index in [0.717, 1.165) is 39.8 Å². The average molecular weight is 608 g/mol. The van der Waals surface area contributed by atoms with Crippen molar-refractivity contribution in [2.24, 2.45) is 0 Å². The highest BCUT2D eigenvalue weighted by molar-refractivity contribution is 5.90. The molecular weight excluding hydrogens is 578 g/mol. The molecule has 5 heterocycles. The first-order valence-corrected chi connectivity index (χ1v) is 13.2. The van der Waals surface area contributed by atoms with Crippen LogP contribution in [0.1, 0.15) is 48.1 Å². The zero-order valence-electron chi connectivity index (χ0n) is 22.3. The van der Waals surface area contributed by atoms with Crippen molar-refractivity contribution in [3.05, 3.63) is 87.0 Å². The van der Waals surface area contributed by atoms with Crippen LogP contribution >= 0.6 is 0 Å². The van der Waals surface area contributed by atoms with Gasteiger partial charge in [-0.3, -0.25) is 4.79 Å². The lowest BCUT2D eigenvalue weighted by Crippen LogP contribution is -3.00. The predicted octanol–water partition coefficient (Wildman–Crippen LogP) is -0.495. The fraction of sp³-hybridized carbons (Fsp3) is 0.333. The van der Waals surface area contributed by atoms with Gasteiger partial charge in [0.15, 0.2) is 24.5 Å². The summed E-state index contributed by atoms with van der Waals surface area (Å²) in [5, 5.41) is 21.4. The average Bonchev–Trinajstić information content (AvgIpc) is 3.32. The monoisotopic (exact) mass is 607 g/mol. The number of benzene rings is 1. The maximum atomic E-state index is 13.5. The van der Waals surface area contributed by atoms with Gasteiger partial charge >= 0.3 is 5.97 Å². The molecule has 0 aliphatic carbocycles. The number of pyridine rings is 3. The highest BCUT2D eigenvalue weighted by Crippen LogP contribution is 2.40. The van der Waals surface area contributed by atoms with Crippen LogP contribution in [0.15, 0.2) is 53.6 Å². The van der Waals surface area contributed by atoms with Crippen LogP contribution in [-0.2, 0) is 47.9 Å². The number of hydrogen-bond acceptors (Lipinski definition) is 7. The molecule has 6 rings (SSSR count). The molecule has 10 heteroatoms. The Kier molecular flexibility index (Phi) is 7.52. The van der Waals surface area contributed by atoms with Crippen LogP contribution in [0.2, 0.25) is 0 Å². The Balaban J connectivity index is 0.00000323. The van der Waals surface area contributed by atoms with Gasteiger partial charge in [0.25, 0.3) is 5.56 Å². The SMILES string of the molecule is CCc1c2c(nc3ccc(OCC[n+]4cccc(CO)c4)cc13)-c1cc3c(c(=O)n1C2)COC(=O)[C@]3(O)CC.[Br-]. The minimum absolute atomic E-state index is 0. The summed E-state index contributed by atoms with van der Waals surface area (Å²) in [6, 6.07) is 11.3. The van der Waals surface area contributed by atoms with Crippen molar-refractivity contribution in [1.29, 1.82) is 0 Å². The lowest BCUT2D eigenvalue weighted by atomic mass is 9.86. The van der Waals surface area contributed by atoms with Crippen molar-refractivity contribution in [2.45, 2.75) is 58.6 Å². The summed E-state index contributed by atoms with van der Waals surface area (Å²) >= 11 is 0. The van der Waals surface area contributed by atoms with E-state index in [2.05, 4.69) is 6.92 Å². The fourth-order valence-corrected chi connectivity index (χ4v) is 5.71. The molecule has 0 unspecified atom stereocenters. The second kappa shape index (κ2) is 10.8. The second-order valence-corrected chi connectivity index (χ2v) is 10.0. The van der Waals surface area contributed by atoms with Crippen LogP contribution in [0.4, 0.5) is 0 Å². The van der Waals surface area contributed by atoms with E-state index >= 15 is 0 Å². The minimum Gasteiger partial charge on any atom is -1.00 e. The number of nitrogens with zero attached hydrogens (tertiary/aromatic N) is 3. The van der Waals surface area contributed by atoms with Gasteiger partial charge in [-0.2, -0.15) is 0 Å². The number of aryl methyl sites for hydroxylation is 1. The molecule has 0 amide bonds. The highest BCUT2D eigenvalue weighted by atomic mass is 79.9. The van der Waals surface area contributed by atoms with E-state index in [0.29, 0.717) is 42.2 Å². The van der Waals surface area contributed by atoms with Crippen molar-refractivity contribution in [3.8, 4) is 17.1 Å². The van der Waals surface area contributed by atoms with Crippen LogP contribution in [-0.4, -0.2) is 32.3 Å². The lowest BCUT2D eigenvalue weighted by molar-refractivity contribution is -0.698. The molecule has 208 valence electrons. The Morgan fingerprint density at radius 1 is 1.18 bits per heavy atom. The van der Waals surface area contributed by atoms with Gasteiger partial charge in [0.05, 0.1) is 35.6 Å². The molecular formula is C30H30BrN3O6. The molecule has 1 aromatic carbocycles. The van der Waals surface area contributed by atoms with Crippen molar-refractivity contribution in [2.75, 3.05) is 6.61 Å². The number of aliphatic hydroxyl groups is 2. The van der Waals surface area contributed by atoms with Gasteiger partial charge in [-0.1, -0.05) is 13.8 Å². The fourth-order valence-electron chi connectivity index (χ4n) is 5.71. The predicted molar refractivity (Wildman–Crippen MR) is 142 cm³/mol. The number of carbonyl (C=O) groups excluding carboxylic acids is 1. The number of aliphatic hydroxyl groups excluding tert-OH is 1. The Morgan fingerprint density at radius 2 is 2.00 bits per heavy atom. The first-order valence-electron chi connectivity index (χ1n) is 13.2. The zero-order valence-corrected chi connectivity index (χ0v) is 23.9. The Bertz CT molecular complexity index is 1700. The third-order valence-electron chi connectivity index (χ3n) is 7.85. The largest absolute Gasteiger partial charge is 1.00 e. The van der Waals surface area contributed by atoms with E-state index in [4.69, 9.17) is 14.5 Å². The van der Waals surface area contributed by atoms with Crippen molar-refractivity contribution in [1.82, 2.24) is 9.55 Å². The number of halogens is 1. The summed E-state index contributed by atoms with van der Waals surface area (Å²) < 4.78 is 14.9. The molecule has 0 saturated carbocycles. The minimum atomic E-state index is -1.85. The molecule has 40 heavy (non-hydrogen) atoms. The third-order valence-corrected chi connectivity index (χ3v) is 7.85. The van der Waals surface area contributed by atoms with Gasteiger partial charge in [-0.05, 0) is 48.7 Å². The summed E-state index contributed by atoms with van der Waals surface area (Å²) in [5.41, 5.74) is 3.50. The molecule has 0 saturated heterocycles. The highest BCUT2D eigenvalue weighted by Gasteiger charge is 2.45. The molecule has 2 aliphatic rings. The van der Waals surface area contributed by atoms with E-state index in [1.165, 1.54) is 0 Å². The Labute approximate surface area is 241 Å². The van der Waals surface area contributed by atoms with Gasteiger partial charge in [-0.15, -0.1) is 0 Å². The first kappa shape index (κ1) is 27.9. The number of rotatable bonds is 7. The van der Waals surface area contributed by atoms with Crippen molar-refractivity contribution >= 4 is 16.9 Å². The molecule has 0 radical (unpaired) electrons. The number of cyclic esters (lactones) is 1. The molecule has 1 atom stereocenters. The topological polar surface area (TPSA) is 115 Å². The van der Waals surface area contributed by atoms with Crippen LogP contribution < -0.4 is 31.8 Å². The van der Waals surface area contributed by atoms with Gasteiger partial charge < -0.3 is 41.2 Å². The van der Waals surface area contributed by atoms with Crippen LogP contribution in [0, 0.1) is 0 Å². The Hall–Kier alpha value is -3.60. The van der Waals surface area contributed by atoms with Crippen LogP contribution in [0.5, 0.6) is 5.75 Å². The Morgan fingerprint density at radius 3 is 2.75 bits per heavy atom. The smallest absolute Gasteiger partial charge is 0.343 e. The number of ether oxygens (including phenoxy) is 2. The summed E-state index contributed by atoms with van der Waals surface area (Å²) in [7, 11) is 0. The summed E-state index contributed by atoms with van der Waals surface area (Å²) in [4.78, 5) is 30.9. The number of aromatic nitrogens is 3. The standard InChI is InChI=1S/C30H30N3O6.BrH/c1-3-20-21-12-19(38-11-10-32-9-5-6-18(14-32)16-34)7-8-25(21)31-27-22(20)15-33-26(27)13-24-23(28(33)35)17-39-29(36)30(24,37)4-2;/h5-9,12-14,34,37H,3-4,10-11,15-17H2,1-2H3;1H/q+1;/p-1/t30-;/m0./s1. The van der Waals surface area contributed by atoms with Crippen molar-refractivity contribution in [3.63, 3.8) is 0 Å². The zero-order chi connectivity index (χ0) is 27.3. The molecule has 2 N–H and O–H groups in total. The molecule has 0 bridgehead atoms. The van der Waals surface area contributed by atoms with E-state index in [9.17, 15) is 19.8 Å². The maximum Gasteiger partial charge on any atom is 0.343 e. The number of hydrogen-bond donors (Lipinski definition) is 2. The summed E-state index contributed by atoms with van der Waals surface area (Å²) in [6.45, 7) is 5.07. The van der Waals surface area contributed by atoms with Gasteiger partial charge in [0.2, 0.25) is 0 Å². The van der Waals surface area contributed by atoms with Crippen LogP contribution in [0.25, 0.3) is 22.3 Å². The summed E-state index contributed by atoms with van der Waals surface area (Å²) in [5.74, 6) is -0.00232. The molecule has 2 aliphatic heterocycles. The van der Waals surface area contributed by atoms with Gasteiger partial charge in [0, 0.05) is 28.1 Å². The van der Waals surface area contributed by atoms with Crippen molar-refractivity contribution < 1.29 is 46.0 Å². The molecule has 3 aromatic heterocycles. The van der Waals surface area contributed by atoms with Crippen LogP contribution in [0.3, 0.4) is 0 Å². The summed E-state index contributed by atoms with van der Waals surface area (Å²) in [6.07, 6.45) is 4.67. The molecule has 9 nitrogen and oxygen atoms in total. The van der Waals surface area contributed by atoms with E-state index < -0.39 is 11.6 Å². The number of esters is 1. The first-order chi connectivity index (χ1) is 18.9.